The normalized spacial score (nSPS) is 17.8. The van der Waals surface area contributed by atoms with Crippen LogP contribution in [0.25, 0.3) is 0 Å². The summed E-state index contributed by atoms with van der Waals surface area (Å²) in [6, 6.07) is 10.1. The van der Waals surface area contributed by atoms with Crippen LogP contribution in [0, 0.1) is 22.0 Å². The Balaban J connectivity index is 1.59. The molecule has 2 aromatic rings. The maximum absolute atomic E-state index is 12.2. The zero-order valence-corrected chi connectivity index (χ0v) is 14.6. The fourth-order valence-corrected chi connectivity index (χ4v) is 2.73. The molecule has 27 heavy (non-hydrogen) atoms. The Bertz CT molecular complexity index is 895. The second-order valence-electron chi connectivity index (χ2n) is 6.64. The summed E-state index contributed by atoms with van der Waals surface area (Å²) in [7, 11) is 0. The molecular formula is C19H19N3O5. The fraction of sp³-hybridized carbons (Fsp3) is 0.263. The van der Waals surface area contributed by atoms with Gasteiger partial charge in [-0.3, -0.25) is 19.7 Å². The highest BCUT2D eigenvalue weighted by atomic mass is 16.6. The molecule has 2 aromatic carbocycles. The number of rotatable bonds is 6. The van der Waals surface area contributed by atoms with Crippen molar-refractivity contribution in [2.75, 3.05) is 5.32 Å². The molecular weight excluding hydrogens is 350 g/mol. The molecule has 2 unspecified atom stereocenters. The third-order valence-electron chi connectivity index (χ3n) is 4.57. The minimum atomic E-state index is -0.569. The number of phenolic OH excluding ortho intramolecular Hbond substituents is 1. The minimum absolute atomic E-state index is 0.0131. The monoisotopic (exact) mass is 369 g/mol. The third-order valence-corrected chi connectivity index (χ3v) is 4.57. The fourth-order valence-electron chi connectivity index (χ4n) is 2.73. The van der Waals surface area contributed by atoms with E-state index < -0.39 is 10.8 Å². The van der Waals surface area contributed by atoms with E-state index in [-0.39, 0.29) is 35.4 Å². The molecule has 0 aliphatic heterocycles. The molecule has 8 nitrogen and oxygen atoms in total. The molecule has 2 atom stereocenters. The van der Waals surface area contributed by atoms with Gasteiger partial charge in [0.2, 0.25) is 5.91 Å². The molecule has 0 spiro atoms. The van der Waals surface area contributed by atoms with Gasteiger partial charge in [0.1, 0.15) is 5.75 Å². The molecule has 0 heterocycles. The van der Waals surface area contributed by atoms with Crippen LogP contribution in [-0.2, 0) is 11.3 Å². The summed E-state index contributed by atoms with van der Waals surface area (Å²) in [5.74, 6) is -0.0560. The van der Waals surface area contributed by atoms with Crippen LogP contribution >= 0.6 is 0 Å². The average molecular weight is 369 g/mol. The topological polar surface area (TPSA) is 122 Å². The van der Waals surface area contributed by atoms with E-state index in [0.717, 1.165) is 6.42 Å². The standard InChI is InChI=1S/C19H19N3O5/c1-11-8-16(11)19(25)21-14-4-2-12(3-5-14)18(24)20-10-13-9-15(22(26)27)6-7-17(13)23/h2-7,9,11,16,23H,8,10H2,1H3,(H,20,24)(H,21,25). The number of nitrogens with one attached hydrogen (secondary N) is 2. The molecule has 2 amide bonds. The molecule has 0 saturated heterocycles. The van der Waals surface area contributed by atoms with Gasteiger partial charge in [-0.1, -0.05) is 6.92 Å². The number of anilines is 1. The smallest absolute Gasteiger partial charge is 0.270 e. The second kappa shape index (κ2) is 7.45. The van der Waals surface area contributed by atoms with E-state index in [1.807, 2.05) is 6.92 Å². The second-order valence-corrected chi connectivity index (χ2v) is 6.64. The highest BCUT2D eigenvalue weighted by molar-refractivity contribution is 5.97. The van der Waals surface area contributed by atoms with Crippen molar-refractivity contribution in [2.24, 2.45) is 11.8 Å². The van der Waals surface area contributed by atoms with Crippen LogP contribution in [0.2, 0.25) is 0 Å². The largest absolute Gasteiger partial charge is 0.508 e. The number of carbonyl (C=O) groups excluding carboxylic acids is 2. The lowest BCUT2D eigenvalue weighted by atomic mass is 10.1. The summed E-state index contributed by atoms with van der Waals surface area (Å²) in [5.41, 5.74) is 1.08. The molecule has 0 bridgehead atoms. The molecule has 3 N–H and O–H groups in total. The number of nitro benzene ring substituents is 1. The van der Waals surface area contributed by atoms with Gasteiger partial charge in [-0.05, 0) is 42.7 Å². The van der Waals surface area contributed by atoms with Crippen molar-refractivity contribution in [2.45, 2.75) is 19.9 Å². The molecule has 8 heteroatoms. The van der Waals surface area contributed by atoms with Gasteiger partial charge in [-0.15, -0.1) is 0 Å². The Hall–Kier alpha value is -3.42. The van der Waals surface area contributed by atoms with Gasteiger partial charge in [0, 0.05) is 41.4 Å². The first-order valence-electron chi connectivity index (χ1n) is 8.50. The zero-order valence-electron chi connectivity index (χ0n) is 14.6. The predicted molar refractivity (Wildman–Crippen MR) is 98.3 cm³/mol. The predicted octanol–water partition coefficient (Wildman–Crippen LogP) is 2.82. The number of nitrogens with zero attached hydrogens (tertiary/aromatic N) is 1. The van der Waals surface area contributed by atoms with E-state index in [2.05, 4.69) is 10.6 Å². The lowest BCUT2D eigenvalue weighted by Gasteiger charge is -2.08. The van der Waals surface area contributed by atoms with Crippen molar-refractivity contribution in [1.29, 1.82) is 0 Å². The Morgan fingerprint density at radius 3 is 2.48 bits per heavy atom. The minimum Gasteiger partial charge on any atom is -0.508 e. The molecule has 0 aromatic heterocycles. The van der Waals surface area contributed by atoms with E-state index in [1.165, 1.54) is 18.2 Å². The number of aromatic hydroxyl groups is 1. The van der Waals surface area contributed by atoms with Crippen LogP contribution in [0.15, 0.2) is 42.5 Å². The van der Waals surface area contributed by atoms with Gasteiger partial charge >= 0.3 is 0 Å². The number of hydrogen-bond acceptors (Lipinski definition) is 5. The molecule has 0 radical (unpaired) electrons. The first-order valence-corrected chi connectivity index (χ1v) is 8.50. The van der Waals surface area contributed by atoms with Crippen LogP contribution < -0.4 is 10.6 Å². The number of non-ortho nitro benzene ring substituents is 1. The molecule has 1 saturated carbocycles. The van der Waals surface area contributed by atoms with E-state index in [1.54, 1.807) is 24.3 Å². The number of phenols is 1. The first-order chi connectivity index (χ1) is 12.8. The van der Waals surface area contributed by atoms with E-state index in [9.17, 15) is 24.8 Å². The van der Waals surface area contributed by atoms with Gasteiger partial charge in [-0.2, -0.15) is 0 Å². The highest BCUT2D eigenvalue weighted by Crippen LogP contribution is 2.38. The summed E-state index contributed by atoms with van der Waals surface area (Å²) in [4.78, 5) is 34.4. The molecule has 1 aliphatic rings. The highest BCUT2D eigenvalue weighted by Gasteiger charge is 2.39. The van der Waals surface area contributed by atoms with Gasteiger partial charge < -0.3 is 15.7 Å². The third kappa shape index (κ3) is 4.41. The van der Waals surface area contributed by atoms with Crippen LogP contribution in [0.3, 0.4) is 0 Å². The van der Waals surface area contributed by atoms with E-state index in [4.69, 9.17) is 0 Å². The summed E-state index contributed by atoms with van der Waals surface area (Å²) >= 11 is 0. The summed E-state index contributed by atoms with van der Waals surface area (Å²) in [5, 5.41) is 26.0. The Morgan fingerprint density at radius 2 is 1.89 bits per heavy atom. The van der Waals surface area contributed by atoms with Crippen LogP contribution in [0.4, 0.5) is 11.4 Å². The SMILES string of the molecule is CC1CC1C(=O)Nc1ccc(C(=O)NCc2cc([N+](=O)[O-])ccc2O)cc1. The van der Waals surface area contributed by atoms with Crippen molar-refractivity contribution >= 4 is 23.2 Å². The van der Waals surface area contributed by atoms with Gasteiger partial charge in [0.15, 0.2) is 0 Å². The van der Waals surface area contributed by atoms with Crippen LogP contribution in [0.1, 0.15) is 29.3 Å². The van der Waals surface area contributed by atoms with Gasteiger partial charge in [-0.25, -0.2) is 0 Å². The Labute approximate surface area is 155 Å². The maximum Gasteiger partial charge on any atom is 0.270 e. The first kappa shape index (κ1) is 18.4. The summed E-state index contributed by atoms with van der Waals surface area (Å²) < 4.78 is 0. The number of amides is 2. The van der Waals surface area contributed by atoms with Crippen molar-refractivity contribution in [3.05, 3.63) is 63.7 Å². The summed E-state index contributed by atoms with van der Waals surface area (Å²) in [6.45, 7) is 1.97. The average Bonchev–Trinajstić information content (AvgIpc) is 3.38. The number of hydrogen-bond donors (Lipinski definition) is 3. The van der Waals surface area contributed by atoms with Gasteiger partial charge in [0.25, 0.3) is 11.6 Å². The lowest BCUT2D eigenvalue weighted by Crippen LogP contribution is -2.23. The number of benzene rings is 2. The van der Waals surface area contributed by atoms with Gasteiger partial charge in [0.05, 0.1) is 4.92 Å². The number of nitro groups is 1. The van der Waals surface area contributed by atoms with Crippen molar-refractivity contribution < 1.29 is 19.6 Å². The van der Waals surface area contributed by atoms with Crippen LogP contribution in [-0.4, -0.2) is 21.8 Å². The summed E-state index contributed by atoms with van der Waals surface area (Å²) in [6.07, 6.45) is 0.900. The van der Waals surface area contributed by atoms with E-state index >= 15 is 0 Å². The van der Waals surface area contributed by atoms with Crippen molar-refractivity contribution in [3.63, 3.8) is 0 Å². The quantitative estimate of drug-likeness (QED) is 0.534. The van der Waals surface area contributed by atoms with Crippen molar-refractivity contribution in [3.8, 4) is 5.75 Å². The molecule has 1 fully saturated rings. The lowest BCUT2D eigenvalue weighted by molar-refractivity contribution is -0.384. The maximum atomic E-state index is 12.2. The zero-order chi connectivity index (χ0) is 19.6. The molecule has 140 valence electrons. The molecule has 3 rings (SSSR count). The Morgan fingerprint density at radius 1 is 1.22 bits per heavy atom. The van der Waals surface area contributed by atoms with Crippen LogP contribution in [0.5, 0.6) is 5.75 Å². The molecule has 1 aliphatic carbocycles. The number of carbonyl (C=O) groups is 2. The van der Waals surface area contributed by atoms with E-state index in [0.29, 0.717) is 17.2 Å². The Kier molecular flexibility index (Phi) is 5.07. The van der Waals surface area contributed by atoms with Crippen molar-refractivity contribution in [1.82, 2.24) is 5.32 Å².